The number of carbonyl (C=O) groups excluding carboxylic acids is 2. The van der Waals surface area contributed by atoms with Gasteiger partial charge in [-0.25, -0.2) is 9.63 Å². The standard InChI is InChI=1S/C17H23N5O4/c1-17(2,3)14-9-5-4-8-13(14)12-25-16(24)22(20-19-18)26-15(23)21-10-6-7-11-21/h4-5,8-9H,6-7,10-12H2,1-3H3. The van der Waals surface area contributed by atoms with Crippen LogP contribution in [-0.2, 0) is 21.6 Å². The van der Waals surface area contributed by atoms with E-state index < -0.39 is 12.2 Å². The third-order valence-corrected chi connectivity index (χ3v) is 3.98. The quantitative estimate of drug-likeness (QED) is 0.346. The van der Waals surface area contributed by atoms with E-state index in [0.29, 0.717) is 13.1 Å². The summed E-state index contributed by atoms with van der Waals surface area (Å²) in [4.78, 5) is 32.9. The van der Waals surface area contributed by atoms with Crippen molar-refractivity contribution in [1.29, 1.82) is 0 Å². The fourth-order valence-electron chi connectivity index (χ4n) is 2.73. The zero-order chi connectivity index (χ0) is 19.2. The summed E-state index contributed by atoms with van der Waals surface area (Å²) in [6, 6.07) is 7.57. The van der Waals surface area contributed by atoms with Gasteiger partial charge in [-0.2, -0.15) is 9.71 Å². The lowest BCUT2D eigenvalue weighted by atomic mass is 9.84. The van der Waals surface area contributed by atoms with Gasteiger partial charge < -0.3 is 9.64 Å². The van der Waals surface area contributed by atoms with E-state index in [0.717, 1.165) is 24.0 Å². The Balaban J connectivity index is 2.02. The van der Waals surface area contributed by atoms with Gasteiger partial charge in [0.2, 0.25) is 0 Å². The molecule has 1 saturated heterocycles. The van der Waals surface area contributed by atoms with Crippen LogP contribution in [0.3, 0.4) is 0 Å². The molecule has 0 radical (unpaired) electrons. The minimum Gasteiger partial charge on any atom is -0.423 e. The second-order valence-corrected chi connectivity index (χ2v) is 6.96. The van der Waals surface area contributed by atoms with Crippen LogP contribution in [0.4, 0.5) is 9.59 Å². The number of ether oxygens (including phenoxy) is 1. The van der Waals surface area contributed by atoms with E-state index in [1.165, 1.54) is 4.90 Å². The second kappa shape index (κ2) is 8.44. The SMILES string of the molecule is CC(C)(C)c1ccccc1COC(=O)N(N=[N+]=[N-])OC(=O)N1CCCC1. The van der Waals surface area contributed by atoms with Gasteiger partial charge >= 0.3 is 12.2 Å². The minimum atomic E-state index is -1.06. The highest BCUT2D eigenvalue weighted by Gasteiger charge is 2.30. The highest BCUT2D eigenvalue weighted by atomic mass is 16.8. The van der Waals surface area contributed by atoms with E-state index in [1.807, 2.05) is 24.3 Å². The molecule has 9 nitrogen and oxygen atoms in total. The van der Waals surface area contributed by atoms with Crippen molar-refractivity contribution in [3.05, 3.63) is 45.8 Å². The Morgan fingerprint density at radius 2 is 1.92 bits per heavy atom. The van der Waals surface area contributed by atoms with E-state index in [4.69, 9.17) is 15.1 Å². The number of rotatable bonds is 3. The fourth-order valence-corrected chi connectivity index (χ4v) is 2.73. The zero-order valence-corrected chi connectivity index (χ0v) is 15.2. The molecule has 1 aromatic rings. The van der Waals surface area contributed by atoms with Crippen molar-refractivity contribution in [1.82, 2.24) is 10.1 Å². The van der Waals surface area contributed by atoms with Crippen LogP contribution < -0.4 is 0 Å². The first-order chi connectivity index (χ1) is 12.3. The third kappa shape index (κ3) is 5.03. The van der Waals surface area contributed by atoms with Crippen molar-refractivity contribution in [2.75, 3.05) is 13.1 Å². The number of hydrogen-bond acceptors (Lipinski definition) is 5. The van der Waals surface area contributed by atoms with Crippen molar-refractivity contribution in [3.63, 3.8) is 0 Å². The lowest BCUT2D eigenvalue weighted by molar-refractivity contribution is -0.0964. The molecule has 26 heavy (non-hydrogen) atoms. The predicted octanol–water partition coefficient (Wildman–Crippen LogP) is 4.30. The molecule has 1 aliphatic rings. The van der Waals surface area contributed by atoms with Crippen LogP contribution in [0, 0.1) is 0 Å². The van der Waals surface area contributed by atoms with Gasteiger partial charge in [0.15, 0.2) is 0 Å². The molecule has 1 aromatic carbocycles. The monoisotopic (exact) mass is 361 g/mol. The number of likely N-dealkylation sites (tertiary alicyclic amines) is 1. The van der Waals surface area contributed by atoms with Crippen molar-refractivity contribution < 1.29 is 19.2 Å². The van der Waals surface area contributed by atoms with Gasteiger partial charge in [0.25, 0.3) is 0 Å². The molecule has 0 unspecified atom stereocenters. The number of amides is 2. The smallest absolute Gasteiger partial charge is 0.423 e. The van der Waals surface area contributed by atoms with Crippen LogP contribution >= 0.6 is 0 Å². The van der Waals surface area contributed by atoms with E-state index in [2.05, 4.69) is 30.9 Å². The van der Waals surface area contributed by atoms with E-state index in [-0.39, 0.29) is 17.2 Å². The van der Waals surface area contributed by atoms with Gasteiger partial charge in [0.05, 0.1) is 5.17 Å². The number of azide groups is 1. The van der Waals surface area contributed by atoms with Gasteiger partial charge in [-0.05, 0) is 29.4 Å². The summed E-state index contributed by atoms with van der Waals surface area (Å²) in [7, 11) is 0. The Hall–Kier alpha value is -2.93. The maximum atomic E-state index is 12.2. The Bertz CT molecular complexity index is 703. The fraction of sp³-hybridized carbons (Fsp3) is 0.529. The van der Waals surface area contributed by atoms with E-state index >= 15 is 0 Å². The molecule has 2 amide bonds. The van der Waals surface area contributed by atoms with Crippen molar-refractivity contribution in [3.8, 4) is 0 Å². The molecule has 0 aliphatic carbocycles. The van der Waals surface area contributed by atoms with Gasteiger partial charge in [-0.3, -0.25) is 0 Å². The topological polar surface area (TPSA) is 108 Å². The molecular weight excluding hydrogens is 338 g/mol. The molecule has 0 aromatic heterocycles. The van der Waals surface area contributed by atoms with Crippen LogP contribution in [0.25, 0.3) is 10.4 Å². The van der Waals surface area contributed by atoms with Gasteiger partial charge in [-0.15, -0.1) is 5.53 Å². The normalized spacial score (nSPS) is 13.7. The lowest BCUT2D eigenvalue weighted by Crippen LogP contribution is -2.36. The first kappa shape index (κ1) is 19.4. The number of hydrogen-bond donors (Lipinski definition) is 0. The van der Waals surface area contributed by atoms with Gasteiger partial charge in [0.1, 0.15) is 6.61 Å². The van der Waals surface area contributed by atoms with Crippen molar-refractivity contribution in [2.24, 2.45) is 5.22 Å². The van der Waals surface area contributed by atoms with Crippen LogP contribution in [-0.4, -0.2) is 35.3 Å². The second-order valence-electron chi connectivity index (χ2n) is 6.96. The number of benzene rings is 1. The summed E-state index contributed by atoms with van der Waals surface area (Å²) in [5, 5.41) is 3.32. The van der Waals surface area contributed by atoms with Crippen LogP contribution in [0.1, 0.15) is 44.7 Å². The van der Waals surface area contributed by atoms with Crippen LogP contribution in [0.15, 0.2) is 29.5 Å². The van der Waals surface area contributed by atoms with E-state index in [1.54, 1.807) is 0 Å². The number of carbonyl (C=O) groups is 2. The first-order valence-electron chi connectivity index (χ1n) is 8.40. The average molecular weight is 361 g/mol. The minimum absolute atomic E-state index is 0.0367. The zero-order valence-electron chi connectivity index (χ0n) is 15.2. The molecule has 0 bridgehead atoms. The molecule has 0 spiro atoms. The molecule has 0 N–H and O–H groups in total. The third-order valence-electron chi connectivity index (χ3n) is 3.98. The molecule has 0 saturated carbocycles. The Morgan fingerprint density at radius 1 is 1.27 bits per heavy atom. The maximum Gasteiger partial charge on any atom is 0.552 e. The summed E-state index contributed by atoms with van der Waals surface area (Å²) in [5.41, 5.74) is 10.3. The Labute approximate surface area is 152 Å². The van der Waals surface area contributed by atoms with E-state index in [9.17, 15) is 9.59 Å². The van der Waals surface area contributed by atoms with Gasteiger partial charge in [0, 0.05) is 18.3 Å². The predicted molar refractivity (Wildman–Crippen MR) is 93.6 cm³/mol. The highest BCUT2D eigenvalue weighted by Crippen LogP contribution is 2.26. The molecule has 1 heterocycles. The molecule has 140 valence electrons. The molecule has 9 heteroatoms. The van der Waals surface area contributed by atoms with Crippen molar-refractivity contribution in [2.45, 2.75) is 45.6 Å². The maximum absolute atomic E-state index is 12.2. The molecule has 0 atom stereocenters. The lowest BCUT2D eigenvalue weighted by Gasteiger charge is -2.22. The molecular formula is C17H23N5O4. The van der Waals surface area contributed by atoms with Crippen LogP contribution in [0.5, 0.6) is 0 Å². The highest BCUT2D eigenvalue weighted by molar-refractivity contribution is 5.72. The average Bonchev–Trinajstić information content (AvgIpc) is 3.13. The Kier molecular flexibility index (Phi) is 6.30. The first-order valence-corrected chi connectivity index (χ1v) is 8.40. The Morgan fingerprint density at radius 3 is 2.54 bits per heavy atom. The summed E-state index contributed by atoms with van der Waals surface area (Å²) in [6.07, 6.45) is -0.0732. The summed E-state index contributed by atoms with van der Waals surface area (Å²) >= 11 is 0. The number of hydroxylamine groups is 1. The largest absolute Gasteiger partial charge is 0.552 e. The van der Waals surface area contributed by atoms with Crippen LogP contribution in [0.2, 0.25) is 0 Å². The summed E-state index contributed by atoms with van der Waals surface area (Å²) in [6.45, 7) is 7.20. The van der Waals surface area contributed by atoms with Gasteiger partial charge in [-0.1, -0.05) is 45.0 Å². The molecule has 1 aliphatic heterocycles. The summed E-state index contributed by atoms with van der Waals surface area (Å²) in [5.74, 6) is 0. The molecule has 1 fully saturated rings. The van der Waals surface area contributed by atoms with Crippen molar-refractivity contribution >= 4 is 12.2 Å². The molecule has 2 rings (SSSR count). The number of nitrogens with zero attached hydrogens (tertiary/aromatic N) is 5. The summed E-state index contributed by atoms with van der Waals surface area (Å²) < 4.78 is 5.17.